The largest absolute Gasteiger partial charge is 0.478 e. The Bertz CT molecular complexity index is 834. The highest BCUT2D eigenvalue weighted by atomic mass is 16.4. The van der Waals surface area contributed by atoms with Gasteiger partial charge in [-0.3, -0.25) is 4.79 Å². The minimum Gasteiger partial charge on any atom is -0.478 e. The Morgan fingerprint density at radius 1 is 1.37 bits per heavy atom. The summed E-state index contributed by atoms with van der Waals surface area (Å²) in [6.45, 7) is 0. The van der Waals surface area contributed by atoms with Gasteiger partial charge >= 0.3 is 5.97 Å². The first kappa shape index (κ1) is 11.1. The Morgan fingerprint density at radius 3 is 2.95 bits per heavy atom. The van der Waals surface area contributed by atoms with Gasteiger partial charge in [-0.15, -0.1) is 0 Å². The van der Waals surface area contributed by atoms with E-state index in [1.165, 1.54) is 30.7 Å². The smallest absolute Gasteiger partial charge is 0.337 e. The van der Waals surface area contributed by atoms with Crippen molar-refractivity contribution < 1.29 is 9.90 Å². The Labute approximate surface area is 106 Å². The molecule has 0 fully saturated rings. The number of carboxylic acids is 1. The molecule has 0 amide bonds. The van der Waals surface area contributed by atoms with Crippen molar-refractivity contribution in [2.45, 2.75) is 0 Å². The number of nitrogens with zero attached hydrogens (tertiary/aromatic N) is 2. The van der Waals surface area contributed by atoms with Crippen molar-refractivity contribution in [2.75, 3.05) is 0 Å². The maximum Gasteiger partial charge on any atom is 0.337 e. The Hall–Kier alpha value is -2.96. The fourth-order valence-electron chi connectivity index (χ4n) is 1.75. The molecule has 0 atom stereocenters. The summed E-state index contributed by atoms with van der Waals surface area (Å²) < 4.78 is 0. The van der Waals surface area contributed by atoms with Crippen LogP contribution in [0.4, 0.5) is 0 Å². The highest BCUT2D eigenvalue weighted by Gasteiger charge is 2.11. The van der Waals surface area contributed by atoms with E-state index in [-0.39, 0.29) is 11.0 Å². The Kier molecular flexibility index (Phi) is 2.38. The summed E-state index contributed by atoms with van der Waals surface area (Å²) in [4.78, 5) is 36.3. The summed E-state index contributed by atoms with van der Waals surface area (Å²) in [6.07, 6.45) is 4.28. The molecule has 0 aromatic carbocycles. The molecule has 7 heteroatoms. The molecule has 7 nitrogen and oxygen atoms in total. The van der Waals surface area contributed by atoms with E-state index in [4.69, 9.17) is 5.11 Å². The predicted molar refractivity (Wildman–Crippen MR) is 66.9 cm³/mol. The minimum atomic E-state index is -1.07. The van der Waals surface area contributed by atoms with Gasteiger partial charge in [-0.05, 0) is 6.07 Å². The number of nitrogens with one attached hydrogen (secondary N) is 2. The van der Waals surface area contributed by atoms with Crippen LogP contribution < -0.4 is 5.43 Å². The second kappa shape index (κ2) is 4.05. The topological polar surface area (TPSA) is 112 Å². The van der Waals surface area contributed by atoms with Crippen molar-refractivity contribution in [3.63, 3.8) is 0 Å². The number of hydrogen-bond acceptors (Lipinski definition) is 4. The molecule has 0 unspecified atom stereocenters. The quantitative estimate of drug-likeness (QED) is 0.633. The SMILES string of the molecule is O=C(O)c1cnc2nc(-c3c[nH]ccc3=O)[nH]c2c1. The van der Waals surface area contributed by atoms with Gasteiger partial charge in [0.15, 0.2) is 11.1 Å². The molecule has 0 saturated carbocycles. The third-order valence-electron chi connectivity index (χ3n) is 2.66. The number of pyridine rings is 2. The lowest BCUT2D eigenvalue weighted by Gasteiger charge is -1.93. The highest BCUT2D eigenvalue weighted by Crippen LogP contribution is 2.16. The number of aromatic amines is 2. The number of hydrogen-bond donors (Lipinski definition) is 3. The number of carboxylic acid groups (broad SMARTS) is 1. The van der Waals surface area contributed by atoms with Crippen LogP contribution in [0.15, 0.2) is 35.5 Å². The number of aromatic carboxylic acids is 1. The summed E-state index contributed by atoms with van der Waals surface area (Å²) in [7, 11) is 0. The molecule has 3 aromatic rings. The number of H-pyrrole nitrogens is 2. The van der Waals surface area contributed by atoms with E-state index in [1.807, 2.05) is 0 Å². The molecule has 0 aliphatic heterocycles. The van der Waals surface area contributed by atoms with Gasteiger partial charge in [0.25, 0.3) is 0 Å². The van der Waals surface area contributed by atoms with Gasteiger partial charge in [0, 0.05) is 24.7 Å². The zero-order valence-electron chi connectivity index (χ0n) is 9.54. The molecule has 0 aliphatic carbocycles. The van der Waals surface area contributed by atoms with Crippen LogP contribution in [-0.4, -0.2) is 31.0 Å². The van der Waals surface area contributed by atoms with Crippen LogP contribution in [0, 0.1) is 0 Å². The van der Waals surface area contributed by atoms with Gasteiger partial charge in [0.2, 0.25) is 0 Å². The van der Waals surface area contributed by atoms with Gasteiger partial charge in [0.05, 0.1) is 16.6 Å². The fraction of sp³-hybridized carbons (Fsp3) is 0. The van der Waals surface area contributed by atoms with Gasteiger partial charge < -0.3 is 15.1 Å². The maximum atomic E-state index is 11.7. The van der Waals surface area contributed by atoms with Crippen LogP contribution in [0.25, 0.3) is 22.6 Å². The van der Waals surface area contributed by atoms with E-state index in [9.17, 15) is 9.59 Å². The van der Waals surface area contributed by atoms with E-state index >= 15 is 0 Å². The summed E-state index contributed by atoms with van der Waals surface area (Å²) in [5.41, 5.74) is 1.08. The number of carbonyl (C=O) groups is 1. The lowest BCUT2D eigenvalue weighted by Crippen LogP contribution is -2.03. The average molecular weight is 256 g/mol. The monoisotopic (exact) mass is 256 g/mol. The van der Waals surface area contributed by atoms with Crippen molar-refractivity contribution in [2.24, 2.45) is 0 Å². The number of fused-ring (bicyclic) bond motifs is 1. The zero-order valence-corrected chi connectivity index (χ0v) is 9.54. The van der Waals surface area contributed by atoms with Crippen LogP contribution in [0.2, 0.25) is 0 Å². The molecule has 3 N–H and O–H groups in total. The highest BCUT2D eigenvalue weighted by molar-refractivity contribution is 5.91. The number of aromatic nitrogens is 4. The first-order chi connectivity index (χ1) is 9.15. The van der Waals surface area contributed by atoms with Gasteiger partial charge in [-0.25, -0.2) is 14.8 Å². The van der Waals surface area contributed by atoms with Gasteiger partial charge in [0.1, 0.15) is 5.82 Å². The summed E-state index contributed by atoms with van der Waals surface area (Å²) in [5, 5.41) is 8.88. The second-order valence-electron chi connectivity index (χ2n) is 3.91. The van der Waals surface area contributed by atoms with E-state index in [0.29, 0.717) is 22.6 Å². The van der Waals surface area contributed by atoms with Crippen LogP contribution in [0.5, 0.6) is 0 Å². The number of imidazole rings is 1. The molecule has 0 spiro atoms. The molecule has 19 heavy (non-hydrogen) atoms. The number of rotatable bonds is 2. The molecule has 0 saturated heterocycles. The molecule has 3 heterocycles. The molecular weight excluding hydrogens is 248 g/mol. The first-order valence-corrected chi connectivity index (χ1v) is 5.41. The molecular formula is C12H8N4O3. The Balaban J connectivity index is 2.20. The fourth-order valence-corrected chi connectivity index (χ4v) is 1.75. The molecule has 3 rings (SSSR count). The summed E-state index contributed by atoms with van der Waals surface area (Å²) >= 11 is 0. The lowest BCUT2D eigenvalue weighted by molar-refractivity contribution is 0.0696. The molecule has 0 bridgehead atoms. The van der Waals surface area contributed by atoms with Crippen molar-refractivity contribution >= 4 is 17.1 Å². The van der Waals surface area contributed by atoms with Crippen LogP contribution >= 0.6 is 0 Å². The summed E-state index contributed by atoms with van der Waals surface area (Å²) in [5.74, 6) is -0.713. The third-order valence-corrected chi connectivity index (χ3v) is 2.66. The van der Waals surface area contributed by atoms with Crippen molar-refractivity contribution in [3.05, 3.63) is 46.5 Å². The van der Waals surface area contributed by atoms with Crippen molar-refractivity contribution in [1.29, 1.82) is 0 Å². The lowest BCUT2D eigenvalue weighted by atomic mass is 10.2. The summed E-state index contributed by atoms with van der Waals surface area (Å²) in [6, 6.07) is 2.82. The van der Waals surface area contributed by atoms with Crippen LogP contribution in [-0.2, 0) is 0 Å². The predicted octanol–water partition coefficient (Wildman–Crippen LogP) is 1.01. The van der Waals surface area contributed by atoms with Crippen LogP contribution in [0.1, 0.15) is 10.4 Å². The van der Waals surface area contributed by atoms with Crippen molar-refractivity contribution in [1.82, 2.24) is 19.9 Å². The second-order valence-corrected chi connectivity index (χ2v) is 3.91. The van der Waals surface area contributed by atoms with E-state index in [1.54, 1.807) is 0 Å². The van der Waals surface area contributed by atoms with E-state index in [0.717, 1.165) is 0 Å². The van der Waals surface area contributed by atoms with E-state index < -0.39 is 5.97 Å². The average Bonchev–Trinajstić information content (AvgIpc) is 2.81. The first-order valence-electron chi connectivity index (χ1n) is 5.41. The standard InChI is InChI=1S/C12H8N4O3/c17-9-1-2-13-5-7(9)10-15-8-3-6(12(18)19)4-14-11(8)16-10/h1-5H,(H,13,17)(H,18,19)(H,14,15,16). The van der Waals surface area contributed by atoms with Gasteiger partial charge in [-0.1, -0.05) is 0 Å². The van der Waals surface area contributed by atoms with Crippen LogP contribution in [0.3, 0.4) is 0 Å². The van der Waals surface area contributed by atoms with E-state index in [2.05, 4.69) is 19.9 Å². The molecule has 0 aliphatic rings. The van der Waals surface area contributed by atoms with Crippen molar-refractivity contribution in [3.8, 4) is 11.4 Å². The third kappa shape index (κ3) is 1.86. The van der Waals surface area contributed by atoms with Gasteiger partial charge in [-0.2, -0.15) is 0 Å². The Morgan fingerprint density at radius 2 is 2.21 bits per heavy atom. The minimum absolute atomic E-state index is 0.0599. The normalized spacial score (nSPS) is 10.7. The maximum absolute atomic E-state index is 11.7. The molecule has 0 radical (unpaired) electrons. The molecule has 3 aromatic heterocycles. The molecule has 94 valence electrons. The zero-order chi connectivity index (χ0) is 13.4.